The van der Waals surface area contributed by atoms with Gasteiger partial charge in [0, 0.05) is 12.1 Å². The van der Waals surface area contributed by atoms with Gasteiger partial charge in [-0.1, -0.05) is 12.1 Å². The van der Waals surface area contributed by atoms with Gasteiger partial charge in [0.25, 0.3) is 11.4 Å². The molecule has 2 aromatic carbocycles. The van der Waals surface area contributed by atoms with Crippen molar-refractivity contribution >= 4 is 11.4 Å². The molecule has 6 nitrogen and oxygen atoms in total. The number of nitro benzene ring substituents is 2. The molecule has 7 heteroatoms. The highest BCUT2D eigenvalue weighted by Gasteiger charge is 2.43. The predicted molar refractivity (Wildman–Crippen MR) is 62.6 cm³/mol. The average molecular weight is 369 g/mol. The fraction of sp³-hybridized carbons (Fsp3) is 0. The topological polar surface area (TPSA) is 86.3 Å². The van der Waals surface area contributed by atoms with Gasteiger partial charge in [0.2, 0.25) is 7.14 Å². The van der Waals surface area contributed by atoms with E-state index in [1.807, 2.05) is 12.1 Å². The molecular formula is C12H6IN2O4+. The summed E-state index contributed by atoms with van der Waals surface area (Å²) in [6.45, 7) is 0. The fourth-order valence-corrected chi connectivity index (χ4v) is 5.12. The largest absolute Gasteiger partial charge is 0.359 e. The molecule has 0 atom stereocenters. The van der Waals surface area contributed by atoms with Crippen molar-refractivity contribution in [2.24, 2.45) is 0 Å². The minimum absolute atomic E-state index is 0.0507. The molecule has 94 valence electrons. The molecule has 0 aromatic heterocycles. The molecule has 0 amide bonds. The van der Waals surface area contributed by atoms with E-state index in [0.29, 0.717) is 11.1 Å². The number of halogens is 1. The molecule has 3 rings (SSSR count). The van der Waals surface area contributed by atoms with Gasteiger partial charge in [-0.25, -0.2) is 0 Å². The molecule has 0 unspecified atom stereocenters. The molecule has 1 aliphatic rings. The highest BCUT2D eigenvalue weighted by Crippen LogP contribution is 2.37. The lowest BCUT2D eigenvalue weighted by atomic mass is 10.0. The molecule has 0 bridgehead atoms. The molecule has 0 saturated heterocycles. The van der Waals surface area contributed by atoms with E-state index in [-0.39, 0.29) is 11.4 Å². The maximum Gasteiger partial charge on any atom is 0.359 e. The predicted octanol–water partition coefficient (Wildman–Crippen LogP) is -0.388. The Hall–Kier alpha value is -2.03. The number of rotatable bonds is 2. The van der Waals surface area contributed by atoms with Gasteiger partial charge in [-0.15, -0.1) is 0 Å². The zero-order valence-corrected chi connectivity index (χ0v) is 11.5. The van der Waals surface area contributed by atoms with Gasteiger partial charge in [-0.3, -0.25) is 20.2 Å². The number of benzene rings is 2. The van der Waals surface area contributed by atoms with Gasteiger partial charge in [0.1, 0.15) is 11.1 Å². The van der Waals surface area contributed by atoms with Crippen molar-refractivity contribution in [3.8, 4) is 11.1 Å². The maximum absolute atomic E-state index is 11.1. The van der Waals surface area contributed by atoms with Crippen LogP contribution in [0.3, 0.4) is 0 Å². The Kier molecular flexibility index (Phi) is 2.70. The van der Waals surface area contributed by atoms with E-state index >= 15 is 0 Å². The minimum Gasteiger partial charge on any atom is -0.258 e. The summed E-state index contributed by atoms with van der Waals surface area (Å²) < 4.78 is 1.75. The van der Waals surface area contributed by atoms with Crippen LogP contribution in [0.25, 0.3) is 11.1 Å². The monoisotopic (exact) mass is 369 g/mol. The SMILES string of the molecule is O=[N+]([O-])c1cccc2c1-c1c(cccc1[N+](=O)[O-])[I+]2. The summed E-state index contributed by atoms with van der Waals surface area (Å²) in [5.41, 5.74) is 0.765. The first-order valence-electron chi connectivity index (χ1n) is 5.29. The van der Waals surface area contributed by atoms with Crippen LogP contribution in [0.2, 0.25) is 0 Å². The van der Waals surface area contributed by atoms with Gasteiger partial charge >= 0.3 is 21.2 Å². The van der Waals surface area contributed by atoms with Gasteiger partial charge < -0.3 is 0 Å². The van der Waals surface area contributed by atoms with Crippen molar-refractivity contribution in [3.05, 3.63) is 63.8 Å². The normalized spacial score (nSPS) is 11.8. The Balaban J connectivity index is 2.38. The lowest BCUT2D eigenvalue weighted by Crippen LogP contribution is -3.61. The first-order chi connectivity index (χ1) is 9.09. The summed E-state index contributed by atoms with van der Waals surface area (Å²) in [5.74, 6) is 0. The van der Waals surface area contributed by atoms with E-state index in [1.54, 1.807) is 12.1 Å². The zero-order valence-electron chi connectivity index (χ0n) is 9.37. The van der Waals surface area contributed by atoms with Crippen molar-refractivity contribution in [2.75, 3.05) is 0 Å². The first kappa shape index (κ1) is 12.0. The van der Waals surface area contributed by atoms with Crippen LogP contribution in [0.5, 0.6) is 0 Å². The number of nitro groups is 2. The van der Waals surface area contributed by atoms with Crippen LogP contribution >= 0.6 is 0 Å². The number of hydrogen-bond acceptors (Lipinski definition) is 4. The van der Waals surface area contributed by atoms with Crippen molar-refractivity contribution in [1.82, 2.24) is 0 Å². The average Bonchev–Trinajstić information content (AvgIpc) is 2.76. The van der Waals surface area contributed by atoms with Crippen LogP contribution in [0.1, 0.15) is 0 Å². The van der Waals surface area contributed by atoms with Crippen LogP contribution < -0.4 is 21.2 Å². The molecule has 0 N–H and O–H groups in total. The molecular weight excluding hydrogens is 363 g/mol. The van der Waals surface area contributed by atoms with Crippen molar-refractivity contribution < 1.29 is 31.1 Å². The molecule has 0 aliphatic carbocycles. The summed E-state index contributed by atoms with van der Waals surface area (Å²) in [5, 5.41) is 22.2. The second-order valence-electron chi connectivity index (χ2n) is 3.88. The standard InChI is InChI=1S/C12H6IN2O4/c16-14(17)9-5-1-3-7-11(9)12-8(13-7)4-2-6-10(12)15(18)19/h1-6H/q+1. The summed E-state index contributed by atoms with van der Waals surface area (Å²) in [6, 6.07) is 9.70. The van der Waals surface area contributed by atoms with Crippen molar-refractivity contribution in [3.63, 3.8) is 0 Å². The molecule has 0 spiro atoms. The van der Waals surface area contributed by atoms with E-state index in [9.17, 15) is 20.2 Å². The summed E-state index contributed by atoms with van der Waals surface area (Å²) >= 11 is -0.591. The minimum atomic E-state index is -0.591. The van der Waals surface area contributed by atoms with Crippen LogP contribution in [0.15, 0.2) is 36.4 Å². The number of nitrogens with zero attached hydrogens (tertiary/aromatic N) is 2. The van der Waals surface area contributed by atoms with E-state index in [1.165, 1.54) is 12.1 Å². The van der Waals surface area contributed by atoms with Crippen LogP contribution in [0, 0.1) is 27.4 Å². The molecule has 1 heterocycles. The quantitative estimate of drug-likeness (QED) is 0.350. The van der Waals surface area contributed by atoms with E-state index in [2.05, 4.69) is 0 Å². The second kappa shape index (κ2) is 4.26. The van der Waals surface area contributed by atoms with Gasteiger partial charge in [-0.05, 0) is 12.1 Å². The lowest BCUT2D eigenvalue weighted by molar-refractivity contribution is -0.590. The smallest absolute Gasteiger partial charge is 0.258 e. The zero-order chi connectivity index (χ0) is 13.6. The van der Waals surface area contributed by atoms with E-state index in [0.717, 1.165) is 7.14 Å². The molecule has 0 fully saturated rings. The third kappa shape index (κ3) is 1.77. The molecule has 1 aliphatic heterocycles. The Labute approximate surface area is 117 Å². The van der Waals surface area contributed by atoms with Crippen LogP contribution in [0.4, 0.5) is 11.4 Å². The third-order valence-corrected chi connectivity index (χ3v) is 5.79. The van der Waals surface area contributed by atoms with Gasteiger partial charge in [-0.2, -0.15) is 0 Å². The summed E-state index contributed by atoms with van der Waals surface area (Å²) in [6.07, 6.45) is 0. The molecule has 19 heavy (non-hydrogen) atoms. The Morgan fingerprint density at radius 1 is 0.789 bits per heavy atom. The van der Waals surface area contributed by atoms with Gasteiger partial charge in [0.15, 0.2) is 0 Å². The Morgan fingerprint density at radius 3 is 1.58 bits per heavy atom. The first-order valence-corrected chi connectivity index (χ1v) is 7.45. The molecule has 0 radical (unpaired) electrons. The third-order valence-electron chi connectivity index (χ3n) is 2.83. The van der Waals surface area contributed by atoms with E-state index < -0.39 is 31.1 Å². The Morgan fingerprint density at radius 2 is 1.21 bits per heavy atom. The van der Waals surface area contributed by atoms with Gasteiger partial charge in [0.05, 0.1) is 9.85 Å². The van der Waals surface area contributed by atoms with E-state index in [4.69, 9.17) is 0 Å². The number of fused-ring (bicyclic) bond motifs is 3. The van der Waals surface area contributed by atoms with Crippen LogP contribution in [-0.4, -0.2) is 9.85 Å². The maximum atomic E-state index is 11.1. The van der Waals surface area contributed by atoms with Crippen molar-refractivity contribution in [2.45, 2.75) is 0 Å². The summed E-state index contributed by atoms with van der Waals surface area (Å²) in [7, 11) is 0. The fourth-order valence-electron chi connectivity index (χ4n) is 2.09. The number of hydrogen-bond donors (Lipinski definition) is 0. The second-order valence-corrected chi connectivity index (χ2v) is 6.74. The highest BCUT2D eigenvalue weighted by molar-refractivity contribution is 5.81. The highest BCUT2D eigenvalue weighted by atomic mass is 127. The molecule has 2 aromatic rings. The lowest BCUT2D eigenvalue weighted by Gasteiger charge is -1.99. The van der Waals surface area contributed by atoms with Crippen molar-refractivity contribution in [1.29, 1.82) is 0 Å². The Bertz CT molecular complexity index is 668. The summed E-state index contributed by atoms with van der Waals surface area (Å²) in [4.78, 5) is 21.2. The van der Waals surface area contributed by atoms with Crippen LogP contribution in [-0.2, 0) is 0 Å². The molecule has 0 saturated carbocycles.